The molecule has 17 nitrogen and oxygen atoms in total. The summed E-state index contributed by atoms with van der Waals surface area (Å²) in [5.74, 6) is 0.769. The second-order valence-corrected chi connectivity index (χ2v) is 27.5. The molecule has 0 aliphatic carbocycles. The number of aliphatic hydroxyl groups is 1. The third kappa shape index (κ3) is 56.3. The van der Waals surface area contributed by atoms with Crippen molar-refractivity contribution in [3.8, 4) is 0 Å². The zero-order valence-corrected chi connectivity index (χ0v) is 55.6. The number of aliphatic hydroxyl groups excluding tert-OH is 1. The Kier molecular flexibility index (Phi) is 53.0. The van der Waals surface area contributed by atoms with Crippen molar-refractivity contribution in [1.82, 2.24) is 0 Å². The molecule has 0 fully saturated rings. The summed E-state index contributed by atoms with van der Waals surface area (Å²) in [6.45, 7) is 13.9. The van der Waals surface area contributed by atoms with Crippen molar-refractivity contribution < 1.29 is 80.2 Å². The van der Waals surface area contributed by atoms with E-state index in [9.17, 15) is 43.2 Å². The molecule has 492 valence electrons. The predicted octanol–water partition coefficient (Wildman–Crippen LogP) is 17.4. The molecule has 0 aromatic heterocycles. The highest BCUT2D eigenvalue weighted by Gasteiger charge is 2.30. The van der Waals surface area contributed by atoms with Crippen molar-refractivity contribution in [2.45, 2.75) is 324 Å². The van der Waals surface area contributed by atoms with Crippen LogP contribution >= 0.6 is 15.6 Å². The summed E-state index contributed by atoms with van der Waals surface area (Å²) < 4.78 is 68.0. The molecule has 0 saturated carbocycles. The van der Waals surface area contributed by atoms with Crippen molar-refractivity contribution in [2.24, 2.45) is 23.7 Å². The fraction of sp³-hybridized carbons (Fsp3) is 0.938. The second-order valence-electron chi connectivity index (χ2n) is 24.6. The highest BCUT2D eigenvalue weighted by molar-refractivity contribution is 7.47. The van der Waals surface area contributed by atoms with Gasteiger partial charge >= 0.3 is 39.5 Å². The van der Waals surface area contributed by atoms with E-state index in [0.717, 1.165) is 114 Å². The van der Waals surface area contributed by atoms with Gasteiger partial charge in [-0.15, -0.1) is 0 Å². The number of hydrogen-bond donors (Lipinski definition) is 3. The average Bonchev–Trinajstić information content (AvgIpc) is 3.45. The molecule has 0 aliphatic rings. The SMILES string of the molecule is CCC(C)CCCCCCCCCCC(=O)O[C@H](COC(=O)CCCCCCCCC(C)C)COP(=O)(O)OC[C@H](O)COP(=O)(O)OC[C@@H](COC(=O)CCCCCCCCCCCC(C)C)OC(=O)CCCCCCCCC(C)CC. The van der Waals surface area contributed by atoms with E-state index in [2.05, 4.69) is 55.4 Å². The molecular formula is C64H124O17P2. The van der Waals surface area contributed by atoms with Gasteiger partial charge in [0.2, 0.25) is 0 Å². The first kappa shape index (κ1) is 81.1. The van der Waals surface area contributed by atoms with Crippen LogP contribution in [0.25, 0.3) is 0 Å². The Morgan fingerprint density at radius 1 is 0.337 bits per heavy atom. The summed E-state index contributed by atoms with van der Waals surface area (Å²) in [7, 11) is -9.89. The lowest BCUT2D eigenvalue weighted by molar-refractivity contribution is -0.161. The first-order valence-corrected chi connectivity index (χ1v) is 36.3. The highest BCUT2D eigenvalue weighted by Crippen LogP contribution is 2.45. The van der Waals surface area contributed by atoms with Crippen LogP contribution in [-0.2, 0) is 65.4 Å². The maximum atomic E-state index is 13.0. The van der Waals surface area contributed by atoms with Crippen molar-refractivity contribution >= 4 is 39.5 Å². The fourth-order valence-electron chi connectivity index (χ4n) is 9.36. The Balaban J connectivity index is 5.26. The standard InChI is InChI=1S/C64H124O17P2/c1-9-56(7)42-34-26-17-14-15-19-30-38-46-63(68)80-59(51-75-62(67)45-37-29-22-20-25-33-41-55(5)6)52-78-82(70,71)76-48-58(65)49-77-83(72,73)79-53-60(81-64(69)47-39-31-23-21-27-35-43-57(8)10-2)50-74-61(66)44-36-28-18-13-11-12-16-24-32-40-54(3)4/h54-60,65H,9-53H2,1-8H3,(H,70,71)(H,72,73)/t56?,57?,58-,59+,60+/m0/s1. The van der Waals surface area contributed by atoms with Gasteiger partial charge in [0.15, 0.2) is 12.2 Å². The van der Waals surface area contributed by atoms with Crippen LogP contribution in [0.3, 0.4) is 0 Å². The molecular weight excluding hydrogens is 1100 g/mol. The molecule has 3 N–H and O–H groups in total. The Hall–Kier alpha value is -1.94. The topological polar surface area (TPSA) is 237 Å². The van der Waals surface area contributed by atoms with Gasteiger partial charge in [-0.3, -0.25) is 37.3 Å². The molecule has 0 heterocycles. The van der Waals surface area contributed by atoms with E-state index in [4.69, 9.17) is 37.0 Å². The Morgan fingerprint density at radius 2 is 0.578 bits per heavy atom. The predicted molar refractivity (Wildman–Crippen MR) is 331 cm³/mol. The molecule has 0 aromatic carbocycles. The number of unbranched alkanes of at least 4 members (excludes halogenated alkanes) is 25. The number of carbonyl (C=O) groups is 4. The lowest BCUT2D eigenvalue weighted by atomic mass is 9.99. The van der Waals surface area contributed by atoms with Crippen LogP contribution in [0, 0.1) is 23.7 Å². The summed E-state index contributed by atoms with van der Waals surface area (Å²) in [5.41, 5.74) is 0. The summed E-state index contributed by atoms with van der Waals surface area (Å²) in [4.78, 5) is 72.2. The van der Waals surface area contributed by atoms with Crippen molar-refractivity contribution in [3.05, 3.63) is 0 Å². The molecule has 0 amide bonds. The van der Waals surface area contributed by atoms with Gasteiger partial charge in [-0.1, -0.05) is 254 Å². The molecule has 83 heavy (non-hydrogen) atoms. The van der Waals surface area contributed by atoms with E-state index in [1.165, 1.54) is 103 Å². The molecule has 0 radical (unpaired) electrons. The van der Waals surface area contributed by atoms with Crippen molar-refractivity contribution in [2.75, 3.05) is 39.6 Å². The minimum Gasteiger partial charge on any atom is -0.462 e. The van der Waals surface area contributed by atoms with Crippen LogP contribution in [0.1, 0.15) is 306 Å². The molecule has 0 aliphatic heterocycles. The molecule has 0 spiro atoms. The molecule has 7 atom stereocenters. The average molecular weight is 1230 g/mol. The number of phosphoric ester groups is 2. The van der Waals surface area contributed by atoms with Crippen LogP contribution in [0.15, 0.2) is 0 Å². The van der Waals surface area contributed by atoms with Gasteiger partial charge in [-0.05, 0) is 49.4 Å². The van der Waals surface area contributed by atoms with E-state index in [0.29, 0.717) is 31.6 Å². The molecule has 0 saturated heterocycles. The minimum absolute atomic E-state index is 0.102. The summed E-state index contributed by atoms with van der Waals surface area (Å²) in [5, 5.41) is 10.5. The van der Waals surface area contributed by atoms with Gasteiger partial charge in [-0.25, -0.2) is 9.13 Å². The van der Waals surface area contributed by atoms with Crippen LogP contribution < -0.4 is 0 Å². The van der Waals surface area contributed by atoms with Gasteiger partial charge < -0.3 is 33.8 Å². The number of carbonyl (C=O) groups excluding carboxylic acids is 4. The molecule has 19 heteroatoms. The first-order valence-electron chi connectivity index (χ1n) is 33.3. The van der Waals surface area contributed by atoms with E-state index < -0.39 is 97.5 Å². The third-order valence-electron chi connectivity index (χ3n) is 15.3. The van der Waals surface area contributed by atoms with Crippen LogP contribution in [0.2, 0.25) is 0 Å². The summed E-state index contributed by atoms with van der Waals surface area (Å²) in [6, 6.07) is 0. The maximum Gasteiger partial charge on any atom is 0.472 e. The highest BCUT2D eigenvalue weighted by atomic mass is 31.2. The Bertz CT molecular complexity index is 1670. The van der Waals surface area contributed by atoms with Gasteiger partial charge in [0.1, 0.15) is 19.3 Å². The summed E-state index contributed by atoms with van der Waals surface area (Å²) >= 11 is 0. The van der Waals surface area contributed by atoms with E-state index in [-0.39, 0.29) is 25.7 Å². The van der Waals surface area contributed by atoms with Crippen molar-refractivity contribution in [3.63, 3.8) is 0 Å². The number of ether oxygens (including phenoxy) is 4. The van der Waals surface area contributed by atoms with Crippen molar-refractivity contribution in [1.29, 1.82) is 0 Å². The third-order valence-corrected chi connectivity index (χ3v) is 17.2. The lowest BCUT2D eigenvalue weighted by Gasteiger charge is -2.21. The minimum atomic E-state index is -4.95. The number of esters is 4. The molecule has 4 unspecified atom stereocenters. The lowest BCUT2D eigenvalue weighted by Crippen LogP contribution is -2.30. The largest absolute Gasteiger partial charge is 0.472 e. The van der Waals surface area contributed by atoms with Gasteiger partial charge in [0.05, 0.1) is 26.4 Å². The zero-order chi connectivity index (χ0) is 61.8. The Labute approximate surface area is 505 Å². The molecule has 0 rings (SSSR count). The van der Waals surface area contributed by atoms with E-state index in [1.807, 2.05) is 0 Å². The van der Waals surface area contributed by atoms with Crippen LogP contribution in [0.5, 0.6) is 0 Å². The van der Waals surface area contributed by atoms with E-state index in [1.54, 1.807) is 0 Å². The molecule has 0 aromatic rings. The number of hydrogen-bond acceptors (Lipinski definition) is 15. The van der Waals surface area contributed by atoms with Gasteiger partial charge in [-0.2, -0.15) is 0 Å². The fourth-order valence-corrected chi connectivity index (χ4v) is 10.9. The van der Waals surface area contributed by atoms with Gasteiger partial charge in [0.25, 0.3) is 0 Å². The molecule has 0 bridgehead atoms. The van der Waals surface area contributed by atoms with E-state index >= 15 is 0 Å². The normalized spacial score (nSPS) is 15.1. The zero-order valence-electron chi connectivity index (χ0n) is 53.8. The van der Waals surface area contributed by atoms with Crippen LogP contribution in [-0.4, -0.2) is 96.7 Å². The Morgan fingerprint density at radius 3 is 0.855 bits per heavy atom. The van der Waals surface area contributed by atoms with Gasteiger partial charge in [0, 0.05) is 25.7 Å². The maximum absolute atomic E-state index is 13.0. The smallest absolute Gasteiger partial charge is 0.462 e. The van der Waals surface area contributed by atoms with Crippen LogP contribution in [0.4, 0.5) is 0 Å². The summed E-state index contributed by atoms with van der Waals surface area (Å²) in [6.07, 6.45) is 33.6. The monoisotopic (exact) mass is 1230 g/mol. The first-order chi connectivity index (χ1) is 39.7. The number of phosphoric acid groups is 2. The number of rotatable bonds is 61. The quantitative estimate of drug-likeness (QED) is 0.0222. The second kappa shape index (κ2) is 54.2.